The Bertz CT molecular complexity index is 591. The molecule has 0 aliphatic carbocycles. The van der Waals surface area contributed by atoms with E-state index in [0.29, 0.717) is 24.4 Å². The molecule has 114 valence electrons. The molecule has 4 nitrogen and oxygen atoms in total. The number of rotatable bonds is 2. The van der Waals surface area contributed by atoms with E-state index < -0.39 is 12.0 Å². The van der Waals surface area contributed by atoms with E-state index in [0.717, 1.165) is 17.1 Å². The monoisotopic (exact) mass is 625 g/mol. The maximum Gasteiger partial charge on any atom is 0.326 e. The van der Waals surface area contributed by atoms with Crippen molar-refractivity contribution >= 4 is 79.6 Å². The molecular formula is C14H14I3NO3. The topological polar surface area (TPSA) is 57.6 Å². The third-order valence-corrected chi connectivity index (χ3v) is 7.30. The van der Waals surface area contributed by atoms with Gasteiger partial charge in [0.25, 0.3) is 5.91 Å². The SMILES string of the molecule is CC1CCN(C(=O)c2cc(I)cc(I)c2I)C(C(=O)O)C1. The number of carboxylic acid groups (broad SMARTS) is 1. The molecule has 2 atom stereocenters. The van der Waals surface area contributed by atoms with E-state index in [2.05, 4.69) is 67.8 Å². The van der Waals surface area contributed by atoms with Crippen LogP contribution in [0.3, 0.4) is 0 Å². The van der Waals surface area contributed by atoms with Crippen LogP contribution in [0, 0.1) is 16.6 Å². The highest BCUT2D eigenvalue weighted by Gasteiger charge is 2.35. The molecule has 0 spiro atoms. The summed E-state index contributed by atoms with van der Waals surface area (Å²) in [5, 5.41) is 9.40. The summed E-state index contributed by atoms with van der Waals surface area (Å²) in [5.74, 6) is -0.745. The molecule has 1 saturated heterocycles. The second-order valence-electron chi connectivity index (χ2n) is 5.23. The first kappa shape index (κ1) is 17.7. The average Bonchev–Trinajstić information content (AvgIpc) is 2.42. The lowest BCUT2D eigenvalue weighted by Crippen LogP contribution is -2.50. The van der Waals surface area contributed by atoms with Gasteiger partial charge in [0.2, 0.25) is 0 Å². The molecule has 0 saturated carbocycles. The molecule has 1 N–H and O–H groups in total. The summed E-state index contributed by atoms with van der Waals surface area (Å²) in [5.41, 5.74) is 0.604. The highest BCUT2D eigenvalue weighted by molar-refractivity contribution is 14.1. The Hall–Kier alpha value is 0.350. The number of piperidine rings is 1. The molecule has 1 aromatic rings. The fourth-order valence-corrected chi connectivity index (χ4v) is 4.87. The van der Waals surface area contributed by atoms with Gasteiger partial charge >= 0.3 is 5.97 Å². The van der Waals surface area contributed by atoms with Crippen molar-refractivity contribution < 1.29 is 14.7 Å². The van der Waals surface area contributed by atoms with Gasteiger partial charge in [0.05, 0.1) is 5.56 Å². The lowest BCUT2D eigenvalue weighted by atomic mass is 9.92. The zero-order valence-corrected chi connectivity index (χ0v) is 17.7. The molecule has 0 aromatic heterocycles. The second-order valence-corrected chi connectivity index (χ2v) is 8.72. The molecule has 1 aliphatic rings. The quantitative estimate of drug-likeness (QED) is 0.402. The van der Waals surface area contributed by atoms with Crippen LogP contribution in [-0.4, -0.2) is 34.5 Å². The predicted molar refractivity (Wildman–Crippen MR) is 105 cm³/mol. The minimum absolute atomic E-state index is 0.171. The summed E-state index contributed by atoms with van der Waals surface area (Å²) in [4.78, 5) is 25.8. The van der Waals surface area contributed by atoms with E-state index in [1.807, 2.05) is 19.1 Å². The Labute approximate surface area is 164 Å². The molecule has 1 amide bonds. The molecule has 2 unspecified atom stereocenters. The Morgan fingerprint density at radius 3 is 2.57 bits per heavy atom. The molecule has 1 aliphatic heterocycles. The van der Waals surface area contributed by atoms with Crippen LogP contribution < -0.4 is 0 Å². The second kappa shape index (κ2) is 7.28. The summed E-state index contributed by atoms with van der Waals surface area (Å²) in [7, 11) is 0. The van der Waals surface area contributed by atoms with Crippen LogP contribution >= 0.6 is 67.8 Å². The van der Waals surface area contributed by atoms with Gasteiger partial charge in [-0.2, -0.15) is 0 Å². The number of carbonyl (C=O) groups excluding carboxylic acids is 1. The molecule has 1 fully saturated rings. The molecule has 1 heterocycles. The Morgan fingerprint density at radius 2 is 1.95 bits per heavy atom. The highest BCUT2D eigenvalue weighted by Crippen LogP contribution is 2.28. The smallest absolute Gasteiger partial charge is 0.326 e. The summed E-state index contributed by atoms with van der Waals surface area (Å²) in [6, 6.07) is 3.13. The van der Waals surface area contributed by atoms with Gasteiger partial charge in [-0.25, -0.2) is 4.79 Å². The van der Waals surface area contributed by atoms with Crippen molar-refractivity contribution in [3.05, 3.63) is 28.4 Å². The van der Waals surface area contributed by atoms with E-state index >= 15 is 0 Å². The van der Waals surface area contributed by atoms with Crippen molar-refractivity contribution in [3.63, 3.8) is 0 Å². The van der Waals surface area contributed by atoms with E-state index in [1.165, 1.54) is 4.90 Å². The molecule has 2 rings (SSSR count). The van der Waals surface area contributed by atoms with Crippen molar-refractivity contribution in [1.82, 2.24) is 4.90 Å². The fraction of sp³-hybridized carbons (Fsp3) is 0.429. The molecule has 0 bridgehead atoms. The first-order chi connectivity index (χ1) is 9.81. The number of benzene rings is 1. The van der Waals surface area contributed by atoms with Crippen LogP contribution in [0.4, 0.5) is 0 Å². The normalized spacial score (nSPS) is 22.2. The number of carbonyl (C=O) groups is 2. The number of amides is 1. The minimum Gasteiger partial charge on any atom is -0.480 e. The highest BCUT2D eigenvalue weighted by atomic mass is 127. The van der Waals surface area contributed by atoms with Gasteiger partial charge in [-0.3, -0.25) is 4.79 Å². The van der Waals surface area contributed by atoms with Crippen LogP contribution in [0.25, 0.3) is 0 Å². The standard InChI is InChI=1S/C14H14I3NO3/c1-7-2-3-18(11(4-7)14(20)21)13(19)9-5-8(15)6-10(16)12(9)17/h5-7,11H,2-4H2,1H3,(H,20,21). The molecule has 0 radical (unpaired) electrons. The van der Waals surface area contributed by atoms with Gasteiger partial charge in [0, 0.05) is 17.3 Å². The number of likely N-dealkylation sites (tertiary alicyclic amines) is 1. The third kappa shape index (κ3) is 4.01. The summed E-state index contributed by atoms with van der Waals surface area (Å²) in [6.07, 6.45) is 1.38. The molecule has 7 heteroatoms. The van der Waals surface area contributed by atoms with E-state index in [4.69, 9.17) is 0 Å². The number of halogens is 3. The Morgan fingerprint density at radius 1 is 1.29 bits per heavy atom. The van der Waals surface area contributed by atoms with E-state index in [-0.39, 0.29) is 5.91 Å². The van der Waals surface area contributed by atoms with Crippen LogP contribution in [-0.2, 0) is 4.79 Å². The molecular weight excluding hydrogens is 611 g/mol. The van der Waals surface area contributed by atoms with Gasteiger partial charge in [0.15, 0.2) is 0 Å². The lowest BCUT2D eigenvalue weighted by molar-refractivity contribution is -0.144. The zero-order chi connectivity index (χ0) is 15.7. The number of hydrogen-bond donors (Lipinski definition) is 1. The first-order valence-corrected chi connectivity index (χ1v) is 9.73. The van der Waals surface area contributed by atoms with E-state index in [1.54, 1.807) is 0 Å². The zero-order valence-electron chi connectivity index (χ0n) is 11.3. The average molecular weight is 625 g/mol. The van der Waals surface area contributed by atoms with Crippen molar-refractivity contribution in [2.75, 3.05) is 6.54 Å². The van der Waals surface area contributed by atoms with Crippen LogP contribution in [0.2, 0.25) is 0 Å². The van der Waals surface area contributed by atoms with Gasteiger partial charge in [-0.05, 0) is 98.7 Å². The van der Waals surface area contributed by atoms with Crippen molar-refractivity contribution in [3.8, 4) is 0 Å². The van der Waals surface area contributed by atoms with Crippen LogP contribution in [0.15, 0.2) is 12.1 Å². The van der Waals surface area contributed by atoms with Gasteiger partial charge in [-0.15, -0.1) is 0 Å². The molecule has 1 aromatic carbocycles. The fourth-order valence-electron chi connectivity index (χ4n) is 2.49. The van der Waals surface area contributed by atoms with Crippen molar-refractivity contribution in [1.29, 1.82) is 0 Å². The van der Waals surface area contributed by atoms with Gasteiger partial charge < -0.3 is 10.0 Å². The van der Waals surface area contributed by atoms with Gasteiger partial charge in [-0.1, -0.05) is 6.92 Å². The van der Waals surface area contributed by atoms with Crippen molar-refractivity contribution in [2.24, 2.45) is 5.92 Å². The number of nitrogens with zero attached hydrogens (tertiary/aromatic N) is 1. The Balaban J connectivity index is 2.36. The first-order valence-electron chi connectivity index (χ1n) is 6.49. The maximum absolute atomic E-state index is 12.8. The number of aliphatic carboxylic acids is 1. The molecule has 21 heavy (non-hydrogen) atoms. The van der Waals surface area contributed by atoms with Crippen LogP contribution in [0.1, 0.15) is 30.1 Å². The third-order valence-electron chi connectivity index (χ3n) is 3.63. The minimum atomic E-state index is -0.912. The van der Waals surface area contributed by atoms with E-state index in [9.17, 15) is 14.7 Å². The summed E-state index contributed by atoms with van der Waals surface area (Å²) < 4.78 is 2.89. The largest absolute Gasteiger partial charge is 0.480 e. The summed E-state index contributed by atoms with van der Waals surface area (Å²) >= 11 is 6.54. The number of hydrogen-bond acceptors (Lipinski definition) is 2. The Kier molecular flexibility index (Phi) is 6.14. The predicted octanol–water partition coefficient (Wildman–Crippen LogP) is 3.83. The van der Waals surface area contributed by atoms with Crippen molar-refractivity contribution in [2.45, 2.75) is 25.8 Å². The van der Waals surface area contributed by atoms with Gasteiger partial charge in [0.1, 0.15) is 6.04 Å². The lowest BCUT2D eigenvalue weighted by Gasteiger charge is -2.36. The maximum atomic E-state index is 12.8. The summed E-state index contributed by atoms with van der Waals surface area (Å²) in [6.45, 7) is 2.55. The number of carboxylic acids is 1. The van der Waals surface area contributed by atoms with Crippen LogP contribution in [0.5, 0.6) is 0 Å².